The molecule has 8 heteroatoms. The number of benzene rings is 2. The zero-order chi connectivity index (χ0) is 29.1. The van der Waals surface area contributed by atoms with E-state index in [1.165, 1.54) is 5.69 Å². The molecule has 0 unspecified atom stereocenters. The standard InChI is InChI=1S/C34H35N7O/c1-24-4-5-25(19-33(42)26-6-8-30(9-7-26)41-16-14-39(2)15-17-41)18-27(24)21-34-36-12-10-31(37-34)28-20-29(23-35-22-28)32-11-13-40(3)38-32/h4-13,18,20,22-23H,14-17,19,21H2,1-3H3. The number of likely N-dealkylation sites (N-methyl/N-ethyl adjacent to an activating group) is 1. The molecule has 42 heavy (non-hydrogen) atoms. The van der Waals surface area contributed by atoms with Gasteiger partial charge >= 0.3 is 0 Å². The van der Waals surface area contributed by atoms with Crippen molar-refractivity contribution in [3.05, 3.63) is 114 Å². The molecule has 0 N–H and O–H groups in total. The van der Waals surface area contributed by atoms with Gasteiger partial charge in [-0.25, -0.2) is 9.97 Å². The largest absolute Gasteiger partial charge is 0.369 e. The van der Waals surface area contributed by atoms with Crippen molar-refractivity contribution in [2.45, 2.75) is 19.8 Å². The minimum Gasteiger partial charge on any atom is -0.369 e. The Balaban J connectivity index is 1.15. The molecule has 3 aromatic heterocycles. The molecular weight excluding hydrogens is 522 g/mol. The molecule has 5 aromatic rings. The molecule has 0 spiro atoms. The van der Waals surface area contributed by atoms with Gasteiger partial charge in [-0.2, -0.15) is 5.10 Å². The molecule has 0 saturated carbocycles. The van der Waals surface area contributed by atoms with E-state index in [2.05, 4.69) is 69.2 Å². The lowest BCUT2D eigenvalue weighted by atomic mass is 9.97. The summed E-state index contributed by atoms with van der Waals surface area (Å²) in [5.74, 6) is 0.843. The normalized spacial score (nSPS) is 13.8. The van der Waals surface area contributed by atoms with Gasteiger partial charge in [-0.3, -0.25) is 14.5 Å². The molecule has 1 aliphatic rings. The third-order valence-corrected chi connectivity index (χ3v) is 7.93. The number of Topliss-reactive ketones (excluding diaryl/α,β-unsaturated/α-hetero) is 1. The number of rotatable bonds is 8. The zero-order valence-corrected chi connectivity index (χ0v) is 24.4. The number of carbonyl (C=O) groups excluding carboxylic acids is 1. The maximum atomic E-state index is 13.2. The van der Waals surface area contributed by atoms with E-state index >= 15 is 0 Å². The Labute approximate surface area is 246 Å². The van der Waals surface area contributed by atoms with E-state index < -0.39 is 0 Å². The number of nitrogens with zero attached hydrogens (tertiary/aromatic N) is 7. The lowest BCUT2D eigenvalue weighted by Crippen LogP contribution is -2.44. The van der Waals surface area contributed by atoms with E-state index in [0.29, 0.717) is 12.8 Å². The first kappa shape index (κ1) is 27.5. The molecule has 0 radical (unpaired) electrons. The first-order valence-electron chi connectivity index (χ1n) is 14.3. The quantitative estimate of drug-likeness (QED) is 0.248. The Morgan fingerprint density at radius 2 is 1.62 bits per heavy atom. The van der Waals surface area contributed by atoms with Gasteiger partial charge in [0.15, 0.2) is 5.78 Å². The summed E-state index contributed by atoms with van der Waals surface area (Å²) < 4.78 is 1.78. The van der Waals surface area contributed by atoms with Gasteiger partial charge in [-0.05, 0) is 73.1 Å². The Morgan fingerprint density at radius 1 is 0.857 bits per heavy atom. The van der Waals surface area contributed by atoms with Crippen LogP contribution in [0.2, 0.25) is 0 Å². The maximum absolute atomic E-state index is 13.2. The van der Waals surface area contributed by atoms with Crippen LogP contribution in [0.25, 0.3) is 22.5 Å². The number of pyridine rings is 1. The molecule has 8 nitrogen and oxygen atoms in total. The highest BCUT2D eigenvalue weighted by Crippen LogP contribution is 2.24. The molecule has 0 amide bonds. The fourth-order valence-corrected chi connectivity index (χ4v) is 5.34. The average Bonchev–Trinajstić information content (AvgIpc) is 3.46. The summed E-state index contributed by atoms with van der Waals surface area (Å²) in [5, 5.41) is 4.49. The number of aryl methyl sites for hydroxylation is 2. The van der Waals surface area contributed by atoms with Gasteiger partial charge in [0.2, 0.25) is 0 Å². The molecule has 0 bridgehead atoms. The third kappa shape index (κ3) is 6.29. The van der Waals surface area contributed by atoms with Gasteiger partial charge in [0.1, 0.15) is 5.82 Å². The number of aromatic nitrogens is 5. The minimum atomic E-state index is 0.119. The zero-order valence-electron chi connectivity index (χ0n) is 24.4. The van der Waals surface area contributed by atoms with Crippen molar-refractivity contribution in [3.8, 4) is 22.5 Å². The van der Waals surface area contributed by atoms with Gasteiger partial charge in [0.05, 0.1) is 11.4 Å². The number of hydrogen-bond acceptors (Lipinski definition) is 7. The van der Waals surface area contributed by atoms with E-state index in [1.54, 1.807) is 10.9 Å². The smallest absolute Gasteiger partial charge is 0.167 e. The van der Waals surface area contributed by atoms with Gasteiger partial charge in [0, 0.05) is 93.2 Å². The molecule has 1 saturated heterocycles. The molecule has 212 valence electrons. The Morgan fingerprint density at radius 3 is 2.36 bits per heavy atom. The lowest BCUT2D eigenvalue weighted by Gasteiger charge is -2.34. The molecule has 4 heterocycles. The van der Waals surface area contributed by atoms with E-state index in [0.717, 1.165) is 76.8 Å². The van der Waals surface area contributed by atoms with Gasteiger partial charge in [-0.1, -0.05) is 18.2 Å². The fraction of sp³-hybridized carbons (Fsp3) is 0.265. The predicted molar refractivity (Wildman–Crippen MR) is 166 cm³/mol. The van der Waals surface area contributed by atoms with Crippen molar-refractivity contribution in [3.63, 3.8) is 0 Å². The highest BCUT2D eigenvalue weighted by molar-refractivity contribution is 5.97. The van der Waals surface area contributed by atoms with Crippen LogP contribution in [-0.4, -0.2) is 68.6 Å². The van der Waals surface area contributed by atoms with Crippen molar-refractivity contribution in [2.75, 3.05) is 38.1 Å². The molecule has 6 rings (SSSR count). The second-order valence-electron chi connectivity index (χ2n) is 11.1. The van der Waals surface area contributed by atoms with Crippen LogP contribution in [-0.2, 0) is 19.9 Å². The molecular formula is C34H35N7O. The van der Waals surface area contributed by atoms with Crippen molar-refractivity contribution in [2.24, 2.45) is 7.05 Å². The van der Waals surface area contributed by atoms with Crippen molar-refractivity contribution >= 4 is 11.5 Å². The van der Waals surface area contributed by atoms with Crippen LogP contribution in [0.3, 0.4) is 0 Å². The second-order valence-corrected chi connectivity index (χ2v) is 11.1. The van der Waals surface area contributed by atoms with Crippen molar-refractivity contribution in [1.29, 1.82) is 0 Å². The Hall–Kier alpha value is -4.69. The van der Waals surface area contributed by atoms with Crippen LogP contribution < -0.4 is 4.90 Å². The monoisotopic (exact) mass is 557 g/mol. The van der Waals surface area contributed by atoms with E-state index in [1.807, 2.05) is 56.0 Å². The van der Waals surface area contributed by atoms with Gasteiger partial charge in [0.25, 0.3) is 0 Å². The number of carbonyl (C=O) groups is 1. The van der Waals surface area contributed by atoms with Crippen LogP contribution in [0.1, 0.15) is 32.9 Å². The number of anilines is 1. The fourth-order valence-electron chi connectivity index (χ4n) is 5.34. The van der Waals surface area contributed by atoms with Crippen LogP contribution in [0.5, 0.6) is 0 Å². The Kier molecular flexibility index (Phi) is 7.88. The summed E-state index contributed by atoms with van der Waals surface area (Å²) >= 11 is 0. The predicted octanol–water partition coefficient (Wildman–Crippen LogP) is 5.02. The molecule has 0 atom stereocenters. The maximum Gasteiger partial charge on any atom is 0.167 e. The highest BCUT2D eigenvalue weighted by atomic mass is 16.1. The van der Waals surface area contributed by atoms with E-state index in [4.69, 9.17) is 4.98 Å². The van der Waals surface area contributed by atoms with Crippen molar-refractivity contribution < 1.29 is 4.79 Å². The number of ketones is 1. The number of piperazine rings is 1. The molecule has 0 aliphatic carbocycles. The van der Waals surface area contributed by atoms with Crippen LogP contribution >= 0.6 is 0 Å². The first-order chi connectivity index (χ1) is 20.4. The lowest BCUT2D eigenvalue weighted by molar-refractivity contribution is 0.0993. The summed E-state index contributed by atoms with van der Waals surface area (Å²) in [4.78, 5) is 31.7. The van der Waals surface area contributed by atoms with E-state index in [9.17, 15) is 4.79 Å². The van der Waals surface area contributed by atoms with Crippen molar-refractivity contribution in [1.82, 2.24) is 29.6 Å². The average molecular weight is 558 g/mol. The van der Waals surface area contributed by atoms with Crippen LogP contribution in [0.4, 0.5) is 5.69 Å². The summed E-state index contributed by atoms with van der Waals surface area (Å²) in [7, 11) is 4.05. The second kappa shape index (κ2) is 12.0. The summed E-state index contributed by atoms with van der Waals surface area (Å²) in [6.45, 7) is 6.22. The summed E-state index contributed by atoms with van der Waals surface area (Å²) in [6.07, 6.45) is 8.27. The SMILES string of the molecule is Cc1ccc(CC(=O)c2ccc(N3CCN(C)CC3)cc2)cc1Cc1nccc(-c2cncc(-c3ccn(C)n3)c2)n1. The molecule has 1 aliphatic heterocycles. The summed E-state index contributed by atoms with van der Waals surface area (Å²) in [6, 6.07) is 20.2. The van der Waals surface area contributed by atoms with E-state index in [-0.39, 0.29) is 5.78 Å². The first-order valence-corrected chi connectivity index (χ1v) is 14.3. The van der Waals surface area contributed by atoms with Gasteiger partial charge in [-0.15, -0.1) is 0 Å². The number of hydrogen-bond donors (Lipinski definition) is 0. The topological polar surface area (TPSA) is 80.0 Å². The molecule has 1 fully saturated rings. The summed E-state index contributed by atoms with van der Waals surface area (Å²) in [5.41, 5.74) is 8.72. The third-order valence-electron chi connectivity index (χ3n) is 7.93. The highest BCUT2D eigenvalue weighted by Gasteiger charge is 2.16. The van der Waals surface area contributed by atoms with Crippen LogP contribution in [0.15, 0.2) is 85.5 Å². The molecule has 2 aromatic carbocycles. The van der Waals surface area contributed by atoms with Gasteiger partial charge < -0.3 is 9.80 Å². The Bertz CT molecular complexity index is 1700. The van der Waals surface area contributed by atoms with Crippen LogP contribution in [0, 0.1) is 6.92 Å². The minimum absolute atomic E-state index is 0.119.